The van der Waals surface area contributed by atoms with Crippen molar-refractivity contribution in [2.75, 3.05) is 7.11 Å². The van der Waals surface area contributed by atoms with Crippen LogP contribution >= 0.6 is 11.6 Å². The summed E-state index contributed by atoms with van der Waals surface area (Å²) in [5.74, 6) is 0.706. The third-order valence-corrected chi connectivity index (χ3v) is 3.28. The lowest BCUT2D eigenvalue weighted by Crippen LogP contribution is -2.12. The summed E-state index contributed by atoms with van der Waals surface area (Å²) in [5, 5.41) is 10.5. The zero-order valence-corrected chi connectivity index (χ0v) is 9.77. The number of rotatable bonds is 3. The number of hydrogen-bond acceptors (Lipinski definition) is 2. The maximum atomic E-state index is 9.92. The van der Waals surface area contributed by atoms with Gasteiger partial charge < -0.3 is 9.84 Å². The second kappa shape index (κ2) is 3.69. The van der Waals surface area contributed by atoms with Crippen molar-refractivity contribution < 1.29 is 9.84 Å². The molecular formula is C12H15ClO2. The molecule has 2 nitrogen and oxygen atoms in total. The van der Waals surface area contributed by atoms with Gasteiger partial charge in [-0.15, -0.1) is 0 Å². The van der Waals surface area contributed by atoms with Crippen molar-refractivity contribution in [3.05, 3.63) is 28.3 Å². The number of methoxy groups -OCH3 is 1. The van der Waals surface area contributed by atoms with E-state index < -0.39 is 5.60 Å². The maximum Gasteiger partial charge on any atom is 0.141 e. The molecule has 0 aliphatic heterocycles. The van der Waals surface area contributed by atoms with Crippen molar-refractivity contribution in [2.45, 2.75) is 31.8 Å². The molecule has 1 fully saturated rings. The number of hydrogen-bond donors (Lipinski definition) is 1. The molecule has 82 valence electrons. The van der Waals surface area contributed by atoms with Crippen molar-refractivity contribution in [2.24, 2.45) is 0 Å². The molecule has 0 saturated heterocycles. The number of halogens is 1. The summed E-state index contributed by atoms with van der Waals surface area (Å²) in [6.45, 7) is 2.01. The van der Waals surface area contributed by atoms with Crippen LogP contribution in [0.5, 0.6) is 5.75 Å². The average molecular weight is 227 g/mol. The Balaban J connectivity index is 2.38. The molecule has 0 heterocycles. The van der Waals surface area contributed by atoms with E-state index in [1.165, 1.54) is 0 Å². The van der Waals surface area contributed by atoms with Crippen LogP contribution in [0.2, 0.25) is 5.02 Å². The second-order valence-corrected chi connectivity index (χ2v) is 4.68. The summed E-state index contributed by atoms with van der Waals surface area (Å²) in [7, 11) is 1.61. The Morgan fingerprint density at radius 3 is 2.67 bits per heavy atom. The first kappa shape index (κ1) is 10.8. The predicted octanol–water partition coefficient (Wildman–Crippen LogP) is 2.72. The topological polar surface area (TPSA) is 29.5 Å². The maximum absolute atomic E-state index is 9.92. The molecule has 3 heteroatoms. The Hall–Kier alpha value is -0.730. The number of ether oxygens (including phenoxy) is 1. The van der Waals surface area contributed by atoms with Crippen LogP contribution in [-0.4, -0.2) is 17.8 Å². The Morgan fingerprint density at radius 1 is 1.47 bits per heavy atom. The number of aryl methyl sites for hydroxylation is 1. The molecule has 0 atom stereocenters. The fourth-order valence-corrected chi connectivity index (χ4v) is 2.04. The summed E-state index contributed by atoms with van der Waals surface area (Å²) < 4.78 is 5.29. The highest BCUT2D eigenvalue weighted by Gasteiger charge is 2.41. The first-order valence-electron chi connectivity index (χ1n) is 5.10. The van der Waals surface area contributed by atoms with Crippen LogP contribution in [0.1, 0.15) is 24.0 Å². The molecular weight excluding hydrogens is 212 g/mol. The second-order valence-electron chi connectivity index (χ2n) is 4.28. The fraction of sp³-hybridized carbons (Fsp3) is 0.500. The molecule has 2 rings (SSSR count). The van der Waals surface area contributed by atoms with Crippen molar-refractivity contribution in [3.63, 3.8) is 0 Å². The largest absolute Gasteiger partial charge is 0.495 e. The van der Waals surface area contributed by atoms with Crippen LogP contribution in [0.3, 0.4) is 0 Å². The molecule has 1 aliphatic carbocycles. The first-order valence-corrected chi connectivity index (χ1v) is 5.48. The molecule has 1 aliphatic rings. The molecule has 0 aromatic heterocycles. The molecule has 0 bridgehead atoms. The van der Waals surface area contributed by atoms with Gasteiger partial charge in [-0.05, 0) is 31.4 Å². The van der Waals surface area contributed by atoms with Crippen LogP contribution in [0, 0.1) is 6.92 Å². The molecule has 0 unspecified atom stereocenters. The van der Waals surface area contributed by atoms with E-state index in [9.17, 15) is 5.11 Å². The molecule has 1 saturated carbocycles. The van der Waals surface area contributed by atoms with Gasteiger partial charge in [0.2, 0.25) is 0 Å². The standard InChI is InChI=1S/C12H15ClO2/c1-8-3-4-10(13)11(15-2)9(8)7-12(14)5-6-12/h3-4,14H,5-7H2,1-2H3. The summed E-state index contributed by atoms with van der Waals surface area (Å²) >= 11 is 6.04. The van der Waals surface area contributed by atoms with Gasteiger partial charge in [0.1, 0.15) is 5.75 Å². The summed E-state index contributed by atoms with van der Waals surface area (Å²) in [6, 6.07) is 3.79. The highest BCUT2D eigenvalue weighted by Crippen LogP contribution is 2.42. The number of benzene rings is 1. The number of aliphatic hydroxyl groups is 1. The van der Waals surface area contributed by atoms with Gasteiger partial charge in [-0.2, -0.15) is 0 Å². The van der Waals surface area contributed by atoms with Crippen LogP contribution in [-0.2, 0) is 6.42 Å². The van der Waals surface area contributed by atoms with Crippen molar-refractivity contribution >= 4 is 11.6 Å². The molecule has 0 spiro atoms. The van der Waals surface area contributed by atoms with Gasteiger partial charge in [0.25, 0.3) is 0 Å². The van der Waals surface area contributed by atoms with E-state index in [4.69, 9.17) is 16.3 Å². The van der Waals surface area contributed by atoms with Gasteiger partial charge in [-0.3, -0.25) is 0 Å². The Labute approximate surface area is 94.8 Å². The molecule has 0 amide bonds. The Morgan fingerprint density at radius 2 is 2.13 bits per heavy atom. The highest BCUT2D eigenvalue weighted by molar-refractivity contribution is 6.32. The van der Waals surface area contributed by atoms with E-state index in [0.29, 0.717) is 17.2 Å². The first-order chi connectivity index (χ1) is 7.06. The predicted molar refractivity (Wildman–Crippen MR) is 60.6 cm³/mol. The molecule has 1 N–H and O–H groups in total. The van der Waals surface area contributed by atoms with E-state index in [0.717, 1.165) is 24.0 Å². The minimum atomic E-state index is -0.511. The zero-order chi connectivity index (χ0) is 11.1. The Kier molecular flexibility index (Phi) is 2.65. The lowest BCUT2D eigenvalue weighted by atomic mass is 10.00. The monoisotopic (exact) mass is 226 g/mol. The minimum absolute atomic E-state index is 0.511. The van der Waals surface area contributed by atoms with Crippen LogP contribution in [0.15, 0.2) is 12.1 Å². The van der Waals surface area contributed by atoms with Gasteiger partial charge in [0.05, 0.1) is 17.7 Å². The third-order valence-electron chi connectivity index (χ3n) is 2.98. The van der Waals surface area contributed by atoms with Crippen LogP contribution in [0.4, 0.5) is 0 Å². The van der Waals surface area contributed by atoms with E-state index in [1.54, 1.807) is 7.11 Å². The van der Waals surface area contributed by atoms with E-state index >= 15 is 0 Å². The quantitative estimate of drug-likeness (QED) is 0.859. The molecule has 15 heavy (non-hydrogen) atoms. The van der Waals surface area contributed by atoms with Crippen molar-refractivity contribution in [1.29, 1.82) is 0 Å². The van der Waals surface area contributed by atoms with Crippen molar-refractivity contribution in [3.8, 4) is 5.75 Å². The van der Waals surface area contributed by atoms with Crippen LogP contribution < -0.4 is 4.74 Å². The van der Waals surface area contributed by atoms with Gasteiger partial charge >= 0.3 is 0 Å². The fourth-order valence-electron chi connectivity index (χ4n) is 1.79. The van der Waals surface area contributed by atoms with Gasteiger partial charge in [-0.25, -0.2) is 0 Å². The summed E-state index contributed by atoms with van der Waals surface area (Å²) in [4.78, 5) is 0. The van der Waals surface area contributed by atoms with Crippen molar-refractivity contribution in [1.82, 2.24) is 0 Å². The average Bonchev–Trinajstić information content (AvgIpc) is 2.91. The summed E-state index contributed by atoms with van der Waals surface area (Å²) in [6.07, 6.45) is 2.40. The van der Waals surface area contributed by atoms with E-state index in [-0.39, 0.29) is 0 Å². The van der Waals surface area contributed by atoms with E-state index in [1.807, 2.05) is 19.1 Å². The minimum Gasteiger partial charge on any atom is -0.495 e. The van der Waals surface area contributed by atoms with Crippen LogP contribution in [0.25, 0.3) is 0 Å². The lowest BCUT2D eigenvalue weighted by Gasteiger charge is -2.15. The normalized spacial score (nSPS) is 17.6. The molecule has 1 aromatic carbocycles. The smallest absolute Gasteiger partial charge is 0.141 e. The van der Waals surface area contributed by atoms with Gasteiger partial charge in [0.15, 0.2) is 0 Å². The van der Waals surface area contributed by atoms with Gasteiger partial charge in [-0.1, -0.05) is 17.7 Å². The van der Waals surface area contributed by atoms with E-state index in [2.05, 4.69) is 0 Å². The summed E-state index contributed by atoms with van der Waals surface area (Å²) in [5.41, 5.74) is 1.64. The molecule has 0 radical (unpaired) electrons. The Bertz CT molecular complexity index is 383. The SMILES string of the molecule is COc1c(Cl)ccc(C)c1CC1(O)CC1. The highest BCUT2D eigenvalue weighted by atomic mass is 35.5. The lowest BCUT2D eigenvalue weighted by molar-refractivity contribution is 0.149. The van der Waals surface area contributed by atoms with Gasteiger partial charge in [0, 0.05) is 12.0 Å². The molecule has 1 aromatic rings. The third kappa shape index (κ3) is 2.11. The zero-order valence-electron chi connectivity index (χ0n) is 9.01.